The minimum Gasteiger partial charge on any atom is -0.487 e. The molecule has 3 unspecified atom stereocenters. The molecule has 0 bridgehead atoms. The Bertz CT molecular complexity index is 462. The summed E-state index contributed by atoms with van der Waals surface area (Å²) in [5.74, 6) is 1.14. The van der Waals surface area contributed by atoms with Crippen molar-refractivity contribution in [1.29, 1.82) is 0 Å². The van der Waals surface area contributed by atoms with Gasteiger partial charge in [0.2, 0.25) is 0 Å². The van der Waals surface area contributed by atoms with Crippen molar-refractivity contribution < 1.29 is 9.13 Å². The van der Waals surface area contributed by atoms with Crippen molar-refractivity contribution in [1.82, 2.24) is 0 Å². The third-order valence-corrected chi connectivity index (χ3v) is 4.64. The van der Waals surface area contributed by atoms with Crippen molar-refractivity contribution in [2.24, 2.45) is 11.7 Å². The largest absolute Gasteiger partial charge is 0.487 e. The topological polar surface area (TPSA) is 35.2 Å². The fraction of sp³-hybridized carbons (Fsp3) is 0.600. The maximum absolute atomic E-state index is 13.3. The van der Waals surface area contributed by atoms with E-state index in [1.807, 2.05) is 0 Å². The summed E-state index contributed by atoms with van der Waals surface area (Å²) >= 11 is 0. The molecule has 0 radical (unpaired) electrons. The second-order valence-electron chi connectivity index (χ2n) is 5.66. The first-order valence-electron chi connectivity index (χ1n) is 6.88. The van der Waals surface area contributed by atoms with Crippen molar-refractivity contribution in [3.63, 3.8) is 0 Å². The van der Waals surface area contributed by atoms with E-state index in [0.717, 1.165) is 30.6 Å². The van der Waals surface area contributed by atoms with Crippen molar-refractivity contribution in [2.45, 2.75) is 50.7 Å². The zero-order valence-electron chi connectivity index (χ0n) is 10.8. The monoisotopic (exact) mass is 249 g/mol. The summed E-state index contributed by atoms with van der Waals surface area (Å²) in [6, 6.07) is 4.61. The van der Waals surface area contributed by atoms with E-state index in [-0.39, 0.29) is 17.5 Å². The molecule has 98 valence electrons. The number of fused-ring (bicyclic) bond motifs is 1. The standard InChI is InChI=1S/C15H20FNO/c1-2-10-4-3-7-15(10)9-13(17)12-8-11(16)5-6-14(12)18-15/h5-6,8,10,13H,2-4,7,9,17H2,1H3. The van der Waals surface area contributed by atoms with E-state index < -0.39 is 0 Å². The summed E-state index contributed by atoms with van der Waals surface area (Å²) < 4.78 is 19.5. The molecule has 1 fully saturated rings. The van der Waals surface area contributed by atoms with Gasteiger partial charge in [-0.25, -0.2) is 4.39 Å². The molecule has 2 aliphatic rings. The molecule has 2 nitrogen and oxygen atoms in total. The van der Waals surface area contributed by atoms with E-state index in [2.05, 4.69) is 6.92 Å². The number of hydrogen-bond donors (Lipinski definition) is 1. The van der Waals surface area contributed by atoms with E-state index in [1.165, 1.54) is 25.0 Å². The van der Waals surface area contributed by atoms with Gasteiger partial charge in [0.15, 0.2) is 0 Å². The predicted octanol–water partition coefficient (Wildman–Crippen LogP) is 3.56. The number of ether oxygens (including phenoxy) is 1. The molecular formula is C15H20FNO. The van der Waals surface area contributed by atoms with E-state index in [4.69, 9.17) is 10.5 Å². The van der Waals surface area contributed by atoms with Gasteiger partial charge in [0.25, 0.3) is 0 Å². The number of halogens is 1. The Balaban J connectivity index is 1.98. The van der Waals surface area contributed by atoms with Gasteiger partial charge in [-0.1, -0.05) is 6.92 Å². The number of rotatable bonds is 1. The van der Waals surface area contributed by atoms with Crippen LogP contribution in [0.3, 0.4) is 0 Å². The molecule has 1 aromatic rings. The Hall–Kier alpha value is -1.09. The summed E-state index contributed by atoms with van der Waals surface area (Å²) in [6.45, 7) is 2.22. The maximum Gasteiger partial charge on any atom is 0.125 e. The first kappa shape index (κ1) is 12.0. The van der Waals surface area contributed by atoms with Gasteiger partial charge in [-0.3, -0.25) is 0 Å². The molecule has 1 aliphatic heterocycles. The van der Waals surface area contributed by atoms with Crippen LogP contribution in [-0.2, 0) is 0 Å². The van der Waals surface area contributed by atoms with E-state index >= 15 is 0 Å². The molecule has 3 atom stereocenters. The fourth-order valence-corrected chi connectivity index (χ4v) is 3.74. The maximum atomic E-state index is 13.3. The molecule has 1 aromatic carbocycles. The zero-order valence-corrected chi connectivity index (χ0v) is 10.8. The minimum absolute atomic E-state index is 0.0982. The normalized spacial score (nSPS) is 34.4. The lowest BCUT2D eigenvalue weighted by atomic mass is 9.79. The number of nitrogens with two attached hydrogens (primary N) is 1. The Morgan fingerprint density at radius 2 is 2.33 bits per heavy atom. The molecule has 18 heavy (non-hydrogen) atoms. The van der Waals surface area contributed by atoms with Crippen molar-refractivity contribution in [3.8, 4) is 5.75 Å². The van der Waals surface area contributed by atoms with Crippen molar-refractivity contribution >= 4 is 0 Å². The van der Waals surface area contributed by atoms with Gasteiger partial charge in [0.1, 0.15) is 17.2 Å². The van der Waals surface area contributed by atoms with Crippen LogP contribution in [0.25, 0.3) is 0 Å². The zero-order chi connectivity index (χ0) is 12.8. The highest BCUT2D eigenvalue weighted by atomic mass is 19.1. The average Bonchev–Trinajstić information content (AvgIpc) is 2.72. The molecule has 2 N–H and O–H groups in total. The average molecular weight is 249 g/mol. The summed E-state index contributed by atoms with van der Waals surface area (Å²) in [6.07, 6.45) is 5.46. The summed E-state index contributed by atoms with van der Waals surface area (Å²) in [5.41, 5.74) is 6.96. The van der Waals surface area contributed by atoms with Gasteiger partial charge >= 0.3 is 0 Å². The van der Waals surface area contributed by atoms with Crippen molar-refractivity contribution in [3.05, 3.63) is 29.6 Å². The van der Waals surface area contributed by atoms with Crippen LogP contribution in [0.5, 0.6) is 5.75 Å². The van der Waals surface area contributed by atoms with Crippen LogP contribution >= 0.6 is 0 Å². The second kappa shape index (κ2) is 4.23. The van der Waals surface area contributed by atoms with Gasteiger partial charge in [-0.05, 0) is 49.8 Å². The number of benzene rings is 1. The Morgan fingerprint density at radius 3 is 3.11 bits per heavy atom. The first-order valence-corrected chi connectivity index (χ1v) is 6.88. The van der Waals surface area contributed by atoms with Gasteiger partial charge in [0, 0.05) is 18.0 Å². The number of hydrogen-bond acceptors (Lipinski definition) is 2. The third kappa shape index (κ3) is 1.72. The van der Waals surface area contributed by atoms with Crippen LogP contribution in [0, 0.1) is 11.7 Å². The highest BCUT2D eigenvalue weighted by Crippen LogP contribution is 2.50. The molecule has 1 heterocycles. The quantitative estimate of drug-likeness (QED) is 0.826. The molecule has 0 amide bonds. The fourth-order valence-electron chi connectivity index (χ4n) is 3.74. The molecular weight excluding hydrogens is 229 g/mol. The lowest BCUT2D eigenvalue weighted by Gasteiger charge is -2.42. The van der Waals surface area contributed by atoms with Crippen LogP contribution in [0.1, 0.15) is 50.6 Å². The summed E-state index contributed by atoms with van der Waals surface area (Å²) in [4.78, 5) is 0. The highest BCUT2D eigenvalue weighted by Gasteiger charge is 2.48. The van der Waals surface area contributed by atoms with E-state index in [0.29, 0.717) is 5.92 Å². The Labute approximate surface area is 107 Å². The van der Waals surface area contributed by atoms with Gasteiger partial charge < -0.3 is 10.5 Å². The van der Waals surface area contributed by atoms with E-state index in [1.54, 1.807) is 6.07 Å². The predicted molar refractivity (Wildman–Crippen MR) is 68.9 cm³/mol. The molecule has 1 spiro atoms. The molecule has 3 rings (SSSR count). The Morgan fingerprint density at radius 1 is 1.50 bits per heavy atom. The lowest BCUT2D eigenvalue weighted by Crippen LogP contribution is -2.45. The van der Waals surface area contributed by atoms with Crippen molar-refractivity contribution in [2.75, 3.05) is 0 Å². The Kier molecular flexibility index (Phi) is 2.81. The minimum atomic E-state index is -0.234. The third-order valence-electron chi connectivity index (χ3n) is 4.64. The molecule has 1 aliphatic carbocycles. The van der Waals surface area contributed by atoms with Gasteiger partial charge in [0.05, 0.1) is 0 Å². The smallest absolute Gasteiger partial charge is 0.125 e. The summed E-state index contributed by atoms with van der Waals surface area (Å²) in [7, 11) is 0. The molecule has 0 saturated heterocycles. The molecule has 3 heteroatoms. The molecule has 0 aromatic heterocycles. The lowest BCUT2D eigenvalue weighted by molar-refractivity contribution is -0.00110. The second-order valence-corrected chi connectivity index (χ2v) is 5.66. The highest BCUT2D eigenvalue weighted by molar-refractivity contribution is 5.39. The van der Waals surface area contributed by atoms with Crippen LogP contribution < -0.4 is 10.5 Å². The molecule has 1 saturated carbocycles. The van der Waals surface area contributed by atoms with Crippen LogP contribution in [0.15, 0.2) is 18.2 Å². The summed E-state index contributed by atoms with van der Waals surface area (Å²) in [5, 5.41) is 0. The van der Waals surface area contributed by atoms with Crippen LogP contribution in [0.2, 0.25) is 0 Å². The van der Waals surface area contributed by atoms with Gasteiger partial charge in [-0.2, -0.15) is 0 Å². The van der Waals surface area contributed by atoms with Gasteiger partial charge in [-0.15, -0.1) is 0 Å². The first-order chi connectivity index (χ1) is 8.64. The van der Waals surface area contributed by atoms with E-state index in [9.17, 15) is 4.39 Å². The van der Waals surface area contributed by atoms with Crippen LogP contribution in [-0.4, -0.2) is 5.60 Å². The SMILES string of the molecule is CCC1CCCC12CC(N)c1cc(F)ccc1O2. The van der Waals surface area contributed by atoms with Crippen LogP contribution in [0.4, 0.5) is 4.39 Å².